The summed E-state index contributed by atoms with van der Waals surface area (Å²) in [5.74, 6) is 1.28. The number of hydrogen-bond acceptors (Lipinski definition) is 5. The first-order chi connectivity index (χ1) is 13.1. The molecule has 0 saturated carbocycles. The molecule has 0 aliphatic carbocycles. The molecule has 0 atom stereocenters. The largest absolute Gasteiger partial charge is 0.497 e. The van der Waals surface area contributed by atoms with Crippen molar-refractivity contribution in [2.75, 3.05) is 21.3 Å². The van der Waals surface area contributed by atoms with Crippen molar-refractivity contribution in [1.29, 1.82) is 0 Å². The molecule has 140 valence electrons. The van der Waals surface area contributed by atoms with Crippen molar-refractivity contribution >= 4 is 34.6 Å². The van der Waals surface area contributed by atoms with Gasteiger partial charge in [0, 0.05) is 18.7 Å². The molecule has 0 radical (unpaired) electrons. The van der Waals surface area contributed by atoms with Crippen LogP contribution < -0.4 is 9.47 Å². The Bertz CT molecular complexity index is 921. The normalized spacial score (nSPS) is 17.0. The first-order valence-electron chi connectivity index (χ1n) is 8.63. The topological polar surface area (TPSA) is 51.1 Å². The fourth-order valence-electron chi connectivity index (χ4n) is 2.75. The molecule has 2 aromatic carbocycles. The summed E-state index contributed by atoms with van der Waals surface area (Å²) >= 11 is 1.37. The van der Waals surface area contributed by atoms with E-state index in [2.05, 4.69) is 13.0 Å². The second kappa shape index (κ2) is 8.31. The van der Waals surface area contributed by atoms with Crippen LogP contribution in [0, 0.1) is 0 Å². The van der Waals surface area contributed by atoms with Gasteiger partial charge in [0.1, 0.15) is 11.5 Å². The van der Waals surface area contributed by atoms with Gasteiger partial charge in [-0.25, -0.2) is 4.99 Å². The monoisotopic (exact) mass is 382 g/mol. The number of amides is 1. The Kier molecular flexibility index (Phi) is 5.86. The number of aliphatic imine (C=N–C) groups is 1. The first-order valence-corrected chi connectivity index (χ1v) is 9.45. The third-order valence-electron chi connectivity index (χ3n) is 4.32. The lowest BCUT2D eigenvalue weighted by Crippen LogP contribution is -2.23. The Balaban J connectivity index is 1.94. The van der Waals surface area contributed by atoms with Crippen molar-refractivity contribution in [1.82, 2.24) is 4.90 Å². The number of hydrogen-bond donors (Lipinski definition) is 0. The Morgan fingerprint density at radius 1 is 1.15 bits per heavy atom. The van der Waals surface area contributed by atoms with E-state index in [0.29, 0.717) is 21.6 Å². The Labute approximate surface area is 163 Å². The molecule has 1 saturated heterocycles. The van der Waals surface area contributed by atoms with E-state index in [-0.39, 0.29) is 5.91 Å². The minimum Gasteiger partial charge on any atom is -0.497 e. The number of methoxy groups -OCH3 is 2. The number of carbonyl (C=O) groups excluding carboxylic acids is 1. The van der Waals surface area contributed by atoms with Gasteiger partial charge in [-0.05, 0) is 48.0 Å². The van der Waals surface area contributed by atoms with E-state index >= 15 is 0 Å². The number of rotatable bonds is 5. The van der Waals surface area contributed by atoms with E-state index in [1.807, 2.05) is 36.4 Å². The van der Waals surface area contributed by atoms with E-state index < -0.39 is 0 Å². The maximum Gasteiger partial charge on any atom is 0.266 e. The van der Waals surface area contributed by atoms with Crippen molar-refractivity contribution in [3.05, 3.63) is 58.5 Å². The molecule has 0 aromatic heterocycles. The van der Waals surface area contributed by atoms with E-state index in [1.165, 1.54) is 11.8 Å². The summed E-state index contributed by atoms with van der Waals surface area (Å²) in [5.41, 5.74) is 2.86. The van der Waals surface area contributed by atoms with Crippen LogP contribution in [0.25, 0.3) is 6.08 Å². The highest BCUT2D eigenvalue weighted by Crippen LogP contribution is 2.36. The second-order valence-electron chi connectivity index (χ2n) is 5.96. The number of benzene rings is 2. The number of likely N-dealkylation sites (N-methyl/N-ethyl adjacent to an activating group) is 1. The van der Waals surface area contributed by atoms with Crippen LogP contribution in [0.2, 0.25) is 0 Å². The number of aryl methyl sites for hydroxylation is 1. The molecule has 27 heavy (non-hydrogen) atoms. The molecule has 0 unspecified atom stereocenters. The molecule has 1 amide bonds. The van der Waals surface area contributed by atoms with Gasteiger partial charge >= 0.3 is 0 Å². The summed E-state index contributed by atoms with van der Waals surface area (Å²) in [5, 5.41) is 0.666. The van der Waals surface area contributed by atoms with Crippen LogP contribution in [0.3, 0.4) is 0 Å². The molecule has 3 rings (SSSR count). The SMILES string of the molecule is CCc1ccccc1N=C1S/C(=C/c2ccc(OC)cc2OC)C(=O)N1C. The number of para-hydroxylation sites is 1. The van der Waals surface area contributed by atoms with Crippen LogP contribution in [-0.2, 0) is 11.2 Å². The van der Waals surface area contributed by atoms with Crippen LogP contribution in [0.1, 0.15) is 18.1 Å². The summed E-state index contributed by atoms with van der Waals surface area (Å²) in [6, 6.07) is 13.5. The van der Waals surface area contributed by atoms with Gasteiger partial charge in [-0.1, -0.05) is 25.1 Å². The Morgan fingerprint density at radius 2 is 1.93 bits per heavy atom. The standard InChI is InChI=1S/C21H22N2O3S/c1-5-14-8-6-7-9-17(14)22-21-23(2)20(24)19(27-21)12-15-10-11-16(25-3)13-18(15)26-4/h6-13H,5H2,1-4H3/b19-12+,22-21?. The second-order valence-corrected chi connectivity index (χ2v) is 6.97. The molecule has 1 aliphatic heterocycles. The average molecular weight is 382 g/mol. The lowest BCUT2D eigenvalue weighted by molar-refractivity contribution is -0.121. The molecule has 1 heterocycles. The Morgan fingerprint density at radius 3 is 2.63 bits per heavy atom. The van der Waals surface area contributed by atoms with Crippen LogP contribution in [0.15, 0.2) is 52.4 Å². The van der Waals surface area contributed by atoms with Gasteiger partial charge in [0.05, 0.1) is 24.8 Å². The molecule has 5 nitrogen and oxygen atoms in total. The fraction of sp³-hybridized carbons (Fsp3) is 0.238. The van der Waals surface area contributed by atoms with Gasteiger partial charge in [0.25, 0.3) is 5.91 Å². The van der Waals surface area contributed by atoms with Gasteiger partial charge in [-0.3, -0.25) is 9.69 Å². The molecule has 0 N–H and O–H groups in total. The van der Waals surface area contributed by atoms with Crippen molar-refractivity contribution in [2.45, 2.75) is 13.3 Å². The third kappa shape index (κ3) is 4.01. The van der Waals surface area contributed by atoms with E-state index in [1.54, 1.807) is 32.2 Å². The van der Waals surface area contributed by atoms with Crippen LogP contribution in [0.4, 0.5) is 5.69 Å². The van der Waals surface area contributed by atoms with Crippen molar-refractivity contribution in [3.8, 4) is 11.5 Å². The van der Waals surface area contributed by atoms with Crippen LogP contribution in [-0.4, -0.2) is 37.2 Å². The minimum atomic E-state index is -0.0781. The quantitative estimate of drug-likeness (QED) is 0.715. The summed E-state index contributed by atoms with van der Waals surface area (Å²) < 4.78 is 10.6. The van der Waals surface area contributed by atoms with E-state index in [0.717, 1.165) is 23.2 Å². The first kappa shape index (κ1) is 19.0. The van der Waals surface area contributed by atoms with Gasteiger partial charge in [0.15, 0.2) is 5.17 Å². The number of thioether (sulfide) groups is 1. The van der Waals surface area contributed by atoms with E-state index in [9.17, 15) is 4.79 Å². The summed E-state index contributed by atoms with van der Waals surface area (Å²) in [6.45, 7) is 2.09. The predicted molar refractivity (Wildman–Crippen MR) is 111 cm³/mol. The zero-order chi connectivity index (χ0) is 19.4. The number of amidine groups is 1. The lowest BCUT2D eigenvalue weighted by atomic mass is 10.1. The minimum absolute atomic E-state index is 0.0781. The number of carbonyl (C=O) groups is 1. The molecular weight excluding hydrogens is 360 g/mol. The zero-order valence-corrected chi connectivity index (χ0v) is 16.7. The van der Waals surface area contributed by atoms with Gasteiger partial charge in [-0.2, -0.15) is 0 Å². The highest BCUT2D eigenvalue weighted by molar-refractivity contribution is 8.18. The van der Waals surface area contributed by atoms with Gasteiger partial charge in [0.2, 0.25) is 0 Å². The highest BCUT2D eigenvalue weighted by atomic mass is 32.2. The summed E-state index contributed by atoms with van der Waals surface area (Å²) in [6.07, 6.45) is 2.72. The van der Waals surface area contributed by atoms with Crippen molar-refractivity contribution < 1.29 is 14.3 Å². The number of nitrogens with zero attached hydrogens (tertiary/aromatic N) is 2. The maximum absolute atomic E-state index is 12.7. The molecule has 1 aliphatic rings. The molecule has 2 aromatic rings. The fourth-order valence-corrected chi connectivity index (χ4v) is 3.72. The van der Waals surface area contributed by atoms with E-state index in [4.69, 9.17) is 14.5 Å². The van der Waals surface area contributed by atoms with Gasteiger partial charge < -0.3 is 9.47 Å². The number of ether oxygens (including phenoxy) is 2. The molecule has 0 spiro atoms. The van der Waals surface area contributed by atoms with Crippen molar-refractivity contribution in [2.24, 2.45) is 4.99 Å². The Hall–Kier alpha value is -2.73. The van der Waals surface area contributed by atoms with Gasteiger partial charge in [-0.15, -0.1) is 0 Å². The predicted octanol–water partition coefficient (Wildman–Crippen LogP) is 4.50. The highest BCUT2D eigenvalue weighted by Gasteiger charge is 2.30. The maximum atomic E-state index is 12.7. The summed E-state index contributed by atoms with van der Waals surface area (Å²) in [4.78, 5) is 19.6. The smallest absolute Gasteiger partial charge is 0.266 e. The zero-order valence-electron chi connectivity index (χ0n) is 15.9. The lowest BCUT2D eigenvalue weighted by Gasteiger charge is -2.09. The van der Waals surface area contributed by atoms with Crippen LogP contribution >= 0.6 is 11.8 Å². The molecule has 6 heteroatoms. The molecular formula is C21H22N2O3S. The molecule has 0 bridgehead atoms. The van der Waals surface area contributed by atoms with Crippen molar-refractivity contribution in [3.63, 3.8) is 0 Å². The third-order valence-corrected chi connectivity index (χ3v) is 5.38. The van der Waals surface area contributed by atoms with Crippen LogP contribution in [0.5, 0.6) is 11.5 Å². The summed E-state index contributed by atoms with van der Waals surface area (Å²) in [7, 11) is 4.95. The molecule has 1 fully saturated rings. The average Bonchev–Trinajstić information content (AvgIpc) is 2.96.